The monoisotopic (exact) mass is 347 g/mol. The highest BCUT2D eigenvalue weighted by Gasteiger charge is 2.40. The van der Waals surface area contributed by atoms with Crippen molar-refractivity contribution in [3.8, 4) is 0 Å². The summed E-state index contributed by atoms with van der Waals surface area (Å²) in [5.74, 6) is -1.41. The van der Waals surface area contributed by atoms with Crippen LogP contribution in [-0.2, 0) is 6.18 Å². The summed E-state index contributed by atoms with van der Waals surface area (Å²) in [4.78, 5) is 0. The number of alkyl halides is 3. The van der Waals surface area contributed by atoms with Gasteiger partial charge in [0.15, 0.2) is 0 Å². The molecule has 1 aliphatic carbocycles. The highest BCUT2D eigenvalue weighted by molar-refractivity contribution is 6.30. The molecule has 0 unspecified atom stereocenters. The summed E-state index contributed by atoms with van der Waals surface area (Å²) in [5, 5.41) is 9.55. The number of nitrogens with two attached hydrogens (primary N) is 1. The number of aliphatic hydroxyl groups excluding tert-OH is 1. The molecule has 2 nitrogen and oxygen atoms in total. The summed E-state index contributed by atoms with van der Waals surface area (Å²) < 4.78 is 52.8. The van der Waals surface area contributed by atoms with E-state index >= 15 is 0 Å². The first-order valence-electron chi connectivity index (χ1n) is 6.22. The molecule has 120 valence electrons. The van der Waals surface area contributed by atoms with Gasteiger partial charge in [-0.2, -0.15) is 13.2 Å². The molecule has 0 bridgehead atoms. The van der Waals surface area contributed by atoms with E-state index in [1.807, 2.05) is 0 Å². The van der Waals surface area contributed by atoms with Crippen molar-refractivity contribution in [1.82, 2.24) is 0 Å². The number of aliphatic hydroxyl groups is 1. The van der Waals surface area contributed by atoms with Gasteiger partial charge >= 0.3 is 6.18 Å². The topological polar surface area (TPSA) is 46.2 Å². The predicted molar refractivity (Wildman–Crippen MR) is 73.9 cm³/mol. The van der Waals surface area contributed by atoms with E-state index in [0.29, 0.717) is 18.9 Å². The summed E-state index contributed by atoms with van der Waals surface area (Å²) in [7, 11) is 0. The van der Waals surface area contributed by atoms with Crippen LogP contribution in [-0.4, -0.2) is 11.2 Å². The van der Waals surface area contributed by atoms with Crippen LogP contribution in [0, 0.1) is 11.7 Å². The standard InChI is InChI=1S/C13H14ClF4NO.ClH/c14-8-5-4-7(13(16,17)18)9(10(8)15)11(19)12(20)6-2-1-3-6;/h4-6,11-12,20H,1-3,19H2;1H/t11-,12+;/m1./s1. The maximum atomic E-state index is 14.0. The van der Waals surface area contributed by atoms with Crippen LogP contribution in [0.5, 0.6) is 0 Å². The van der Waals surface area contributed by atoms with Crippen molar-refractivity contribution in [3.63, 3.8) is 0 Å². The van der Waals surface area contributed by atoms with Crippen molar-refractivity contribution >= 4 is 24.0 Å². The summed E-state index contributed by atoms with van der Waals surface area (Å²) in [6, 6.07) is 0.0790. The van der Waals surface area contributed by atoms with Gasteiger partial charge in [-0.05, 0) is 30.9 Å². The molecule has 2 rings (SSSR count). The lowest BCUT2D eigenvalue weighted by Crippen LogP contribution is -2.38. The average molecular weight is 348 g/mol. The largest absolute Gasteiger partial charge is 0.416 e. The molecule has 0 heterocycles. The second-order valence-corrected chi connectivity index (χ2v) is 5.43. The maximum absolute atomic E-state index is 14.0. The van der Waals surface area contributed by atoms with Gasteiger partial charge in [-0.15, -0.1) is 12.4 Å². The van der Waals surface area contributed by atoms with Crippen molar-refractivity contribution < 1.29 is 22.7 Å². The minimum Gasteiger partial charge on any atom is -0.391 e. The molecule has 2 atom stereocenters. The molecular weight excluding hydrogens is 333 g/mol. The Labute approximate surface area is 130 Å². The van der Waals surface area contributed by atoms with Crippen molar-refractivity contribution in [2.75, 3.05) is 0 Å². The lowest BCUT2D eigenvalue weighted by Gasteiger charge is -2.34. The van der Waals surface area contributed by atoms with Gasteiger partial charge in [0.05, 0.1) is 22.7 Å². The van der Waals surface area contributed by atoms with Gasteiger partial charge in [-0.3, -0.25) is 0 Å². The fourth-order valence-electron chi connectivity index (χ4n) is 2.38. The van der Waals surface area contributed by atoms with Gasteiger partial charge in [0.1, 0.15) is 5.82 Å². The van der Waals surface area contributed by atoms with Gasteiger partial charge in [-0.1, -0.05) is 18.0 Å². The minimum atomic E-state index is -4.75. The molecule has 1 fully saturated rings. The highest BCUT2D eigenvalue weighted by atomic mass is 35.5. The van der Waals surface area contributed by atoms with Gasteiger partial charge in [0, 0.05) is 5.56 Å². The van der Waals surface area contributed by atoms with E-state index in [-0.39, 0.29) is 18.3 Å². The number of rotatable bonds is 3. The van der Waals surface area contributed by atoms with Crippen LogP contribution in [0.3, 0.4) is 0 Å². The van der Waals surface area contributed by atoms with Gasteiger partial charge in [0.2, 0.25) is 0 Å². The zero-order valence-electron chi connectivity index (χ0n) is 10.8. The van der Waals surface area contributed by atoms with Crippen LogP contribution in [0.1, 0.15) is 36.4 Å². The maximum Gasteiger partial charge on any atom is 0.416 e. The third-order valence-electron chi connectivity index (χ3n) is 3.77. The molecule has 0 radical (unpaired) electrons. The Bertz CT molecular complexity index is 506. The van der Waals surface area contributed by atoms with Gasteiger partial charge < -0.3 is 10.8 Å². The van der Waals surface area contributed by atoms with Crippen LogP contribution in [0.25, 0.3) is 0 Å². The molecular formula is C13H15Cl2F4NO. The molecule has 0 aromatic heterocycles. The zero-order valence-corrected chi connectivity index (χ0v) is 12.4. The Morgan fingerprint density at radius 1 is 1.29 bits per heavy atom. The molecule has 8 heteroatoms. The zero-order chi connectivity index (χ0) is 15.1. The molecule has 0 spiro atoms. The predicted octanol–water partition coefficient (Wildman–Crippen LogP) is 4.08. The summed E-state index contributed by atoms with van der Waals surface area (Å²) >= 11 is 5.53. The molecule has 1 saturated carbocycles. The summed E-state index contributed by atoms with van der Waals surface area (Å²) in [5.41, 5.74) is 3.72. The normalized spacial score (nSPS) is 18.6. The smallest absolute Gasteiger partial charge is 0.391 e. The number of halogens is 6. The van der Waals surface area contributed by atoms with E-state index in [2.05, 4.69) is 0 Å². The quantitative estimate of drug-likeness (QED) is 0.809. The Morgan fingerprint density at radius 2 is 1.86 bits per heavy atom. The summed E-state index contributed by atoms with van der Waals surface area (Å²) in [6.45, 7) is 0. The fraction of sp³-hybridized carbons (Fsp3) is 0.538. The summed E-state index contributed by atoms with van der Waals surface area (Å²) in [6.07, 6.45) is -3.72. The third-order valence-corrected chi connectivity index (χ3v) is 4.06. The van der Waals surface area contributed by atoms with Gasteiger partial charge in [-0.25, -0.2) is 4.39 Å². The molecule has 1 aliphatic rings. The van der Waals surface area contributed by atoms with Crippen molar-refractivity contribution in [1.29, 1.82) is 0 Å². The Hall–Kier alpha value is -0.560. The van der Waals surface area contributed by atoms with Crippen LogP contribution in [0.15, 0.2) is 12.1 Å². The minimum absolute atomic E-state index is 0. The number of hydrogen-bond donors (Lipinski definition) is 2. The Morgan fingerprint density at radius 3 is 2.29 bits per heavy atom. The molecule has 0 saturated heterocycles. The van der Waals surface area contributed by atoms with Crippen molar-refractivity contribution in [2.45, 2.75) is 37.6 Å². The van der Waals surface area contributed by atoms with E-state index in [1.165, 1.54) is 0 Å². The first kappa shape index (κ1) is 18.5. The van der Waals surface area contributed by atoms with Crippen LogP contribution < -0.4 is 5.73 Å². The van der Waals surface area contributed by atoms with Crippen LogP contribution in [0.2, 0.25) is 5.02 Å². The fourth-order valence-corrected chi connectivity index (χ4v) is 2.55. The first-order chi connectivity index (χ1) is 9.23. The molecule has 1 aromatic rings. The van der Waals surface area contributed by atoms with E-state index in [0.717, 1.165) is 12.5 Å². The van der Waals surface area contributed by atoms with Crippen molar-refractivity contribution in [3.05, 3.63) is 34.1 Å². The van der Waals surface area contributed by atoms with Gasteiger partial charge in [0.25, 0.3) is 0 Å². The molecule has 0 aliphatic heterocycles. The lowest BCUT2D eigenvalue weighted by atomic mass is 9.77. The molecule has 21 heavy (non-hydrogen) atoms. The number of benzene rings is 1. The van der Waals surface area contributed by atoms with Crippen molar-refractivity contribution in [2.24, 2.45) is 11.7 Å². The Kier molecular flexibility index (Phi) is 5.89. The second kappa shape index (κ2) is 6.69. The third kappa shape index (κ3) is 3.62. The SMILES string of the molecule is Cl.N[C@H](c1c(C(F)(F)F)ccc(Cl)c1F)[C@@H](O)C1CCC1. The van der Waals surface area contributed by atoms with Crippen LogP contribution in [0.4, 0.5) is 17.6 Å². The molecule has 3 N–H and O–H groups in total. The average Bonchev–Trinajstić information content (AvgIpc) is 2.27. The van der Waals surface area contributed by atoms with E-state index in [4.69, 9.17) is 17.3 Å². The van der Waals surface area contributed by atoms with E-state index in [9.17, 15) is 22.7 Å². The Balaban J connectivity index is 0.00000220. The van der Waals surface area contributed by atoms with E-state index in [1.54, 1.807) is 0 Å². The molecule has 0 amide bonds. The van der Waals surface area contributed by atoms with Crippen LogP contribution >= 0.6 is 24.0 Å². The lowest BCUT2D eigenvalue weighted by molar-refractivity contribution is -0.139. The molecule has 1 aromatic carbocycles. The first-order valence-corrected chi connectivity index (χ1v) is 6.60. The van der Waals surface area contributed by atoms with E-state index < -0.39 is 40.3 Å². The number of hydrogen-bond acceptors (Lipinski definition) is 2. The highest BCUT2D eigenvalue weighted by Crippen LogP contribution is 2.41. The second-order valence-electron chi connectivity index (χ2n) is 5.03.